The fraction of sp³-hybridized carbons (Fsp3) is 0.0333. The molecule has 0 fully saturated rings. The summed E-state index contributed by atoms with van der Waals surface area (Å²) in [5.74, 6) is 0. The number of rotatable bonds is 5. The minimum Gasteiger partial charge on any atom is -0.309 e. The van der Waals surface area contributed by atoms with Crippen LogP contribution in [0.4, 0.5) is 5.69 Å². The van der Waals surface area contributed by atoms with Crippen LogP contribution in [-0.4, -0.2) is 10.8 Å². The lowest BCUT2D eigenvalue weighted by molar-refractivity contribution is 1.09. The summed E-state index contributed by atoms with van der Waals surface area (Å²) in [6, 6.07) is 40.0. The van der Waals surface area contributed by atoms with Crippen molar-refractivity contribution in [2.24, 2.45) is 4.99 Å². The summed E-state index contributed by atoms with van der Waals surface area (Å²) in [5, 5.41) is 0. The molecular weight excluding hydrogens is 468 g/mol. The minimum atomic E-state index is 0.951. The van der Waals surface area contributed by atoms with Gasteiger partial charge in [0.2, 0.25) is 0 Å². The zero-order valence-electron chi connectivity index (χ0n) is 18.3. The molecule has 0 N–H and O–H groups in total. The molecule has 0 saturated carbocycles. The van der Waals surface area contributed by atoms with Crippen LogP contribution in [0.2, 0.25) is 0 Å². The number of halogens is 1. The molecule has 0 unspecified atom stereocenters. The molecule has 0 radical (unpaired) electrons. The third-order valence-corrected chi connectivity index (χ3v) is 6.11. The molecule has 0 aliphatic heterocycles. The van der Waals surface area contributed by atoms with E-state index < -0.39 is 0 Å². The highest BCUT2D eigenvalue weighted by molar-refractivity contribution is 9.10. The summed E-state index contributed by atoms with van der Waals surface area (Å²) in [4.78, 5) is 4.83. The Hall–Kier alpha value is -3.69. The van der Waals surface area contributed by atoms with Crippen molar-refractivity contribution in [3.8, 4) is 28.2 Å². The monoisotopic (exact) mass is 490 g/mol. The molecular formula is C30H23BrN2. The van der Waals surface area contributed by atoms with Crippen molar-refractivity contribution in [3.63, 3.8) is 0 Å². The van der Waals surface area contributed by atoms with Crippen LogP contribution in [0.3, 0.4) is 0 Å². The molecule has 0 bridgehead atoms. The van der Waals surface area contributed by atoms with Crippen molar-refractivity contribution in [1.29, 1.82) is 0 Å². The van der Waals surface area contributed by atoms with E-state index in [2.05, 4.69) is 131 Å². The van der Waals surface area contributed by atoms with Gasteiger partial charge in [-0.2, -0.15) is 0 Å². The number of hydrogen-bond donors (Lipinski definition) is 0. The lowest BCUT2D eigenvalue weighted by Gasteiger charge is -2.15. The van der Waals surface area contributed by atoms with Gasteiger partial charge in [0.05, 0.1) is 17.1 Å². The van der Waals surface area contributed by atoms with Gasteiger partial charge in [-0.1, -0.05) is 88.7 Å². The highest BCUT2D eigenvalue weighted by atomic mass is 79.9. The van der Waals surface area contributed by atoms with E-state index in [1.54, 1.807) is 0 Å². The van der Waals surface area contributed by atoms with E-state index in [1.165, 1.54) is 5.56 Å². The quantitative estimate of drug-likeness (QED) is 0.219. The Bertz CT molecular complexity index is 1400. The van der Waals surface area contributed by atoms with E-state index in [0.717, 1.165) is 43.9 Å². The van der Waals surface area contributed by atoms with Gasteiger partial charge in [0.15, 0.2) is 0 Å². The Kier molecular flexibility index (Phi) is 6.05. The lowest BCUT2D eigenvalue weighted by atomic mass is 10.1. The first-order valence-corrected chi connectivity index (χ1v) is 11.7. The number of aliphatic imine (C=N–C) groups is 1. The van der Waals surface area contributed by atoms with Crippen molar-refractivity contribution in [3.05, 3.63) is 131 Å². The van der Waals surface area contributed by atoms with Crippen LogP contribution in [-0.2, 0) is 0 Å². The summed E-state index contributed by atoms with van der Waals surface area (Å²) in [6.07, 6.45) is 1.99. The van der Waals surface area contributed by atoms with E-state index >= 15 is 0 Å². The number of aryl methyl sites for hydroxylation is 1. The molecule has 3 heteroatoms. The first kappa shape index (κ1) is 21.2. The van der Waals surface area contributed by atoms with Crippen LogP contribution in [0.5, 0.6) is 0 Å². The van der Waals surface area contributed by atoms with E-state index in [1.807, 2.05) is 18.3 Å². The van der Waals surface area contributed by atoms with Crippen molar-refractivity contribution >= 4 is 27.8 Å². The van der Waals surface area contributed by atoms with E-state index in [0.29, 0.717) is 0 Å². The maximum atomic E-state index is 4.83. The highest BCUT2D eigenvalue weighted by Crippen LogP contribution is 2.36. The zero-order valence-corrected chi connectivity index (χ0v) is 19.9. The van der Waals surface area contributed by atoms with Gasteiger partial charge >= 0.3 is 0 Å². The number of benzene rings is 4. The van der Waals surface area contributed by atoms with Gasteiger partial charge in [-0.15, -0.1) is 0 Å². The van der Waals surface area contributed by atoms with E-state index in [4.69, 9.17) is 4.99 Å². The van der Waals surface area contributed by atoms with Crippen LogP contribution in [0.1, 0.15) is 11.1 Å². The predicted molar refractivity (Wildman–Crippen MR) is 143 cm³/mol. The van der Waals surface area contributed by atoms with Crippen molar-refractivity contribution in [1.82, 2.24) is 4.57 Å². The molecule has 160 valence electrons. The molecule has 5 rings (SSSR count). The SMILES string of the molecule is Cc1cccc(N=Cc2cc(-c3ccccc3)n(-c3ccc(Br)cc3)c2-c2ccccc2)c1. The Morgan fingerprint density at radius 1 is 0.697 bits per heavy atom. The fourth-order valence-corrected chi connectivity index (χ4v) is 4.32. The van der Waals surface area contributed by atoms with Crippen LogP contribution in [0.25, 0.3) is 28.2 Å². The van der Waals surface area contributed by atoms with Gasteiger partial charge in [0, 0.05) is 21.9 Å². The van der Waals surface area contributed by atoms with E-state index in [-0.39, 0.29) is 0 Å². The maximum absolute atomic E-state index is 4.83. The zero-order chi connectivity index (χ0) is 22.6. The molecule has 2 nitrogen and oxygen atoms in total. The second-order valence-electron chi connectivity index (χ2n) is 7.97. The summed E-state index contributed by atoms with van der Waals surface area (Å²) in [6.45, 7) is 2.09. The first-order chi connectivity index (χ1) is 16.2. The second kappa shape index (κ2) is 9.43. The highest BCUT2D eigenvalue weighted by Gasteiger charge is 2.18. The van der Waals surface area contributed by atoms with Gasteiger partial charge in [0.25, 0.3) is 0 Å². The van der Waals surface area contributed by atoms with Gasteiger partial charge in [-0.25, -0.2) is 0 Å². The summed E-state index contributed by atoms with van der Waals surface area (Å²) in [5.41, 5.74) is 8.88. The molecule has 5 aromatic rings. The van der Waals surface area contributed by atoms with Gasteiger partial charge < -0.3 is 4.57 Å². The lowest BCUT2D eigenvalue weighted by Crippen LogP contribution is -2.00. The van der Waals surface area contributed by atoms with Gasteiger partial charge in [-0.05, 0) is 66.1 Å². The average molecular weight is 491 g/mol. The molecule has 0 saturated heterocycles. The normalized spacial score (nSPS) is 11.2. The van der Waals surface area contributed by atoms with Crippen LogP contribution in [0.15, 0.2) is 125 Å². The van der Waals surface area contributed by atoms with Crippen LogP contribution >= 0.6 is 15.9 Å². The van der Waals surface area contributed by atoms with Crippen molar-refractivity contribution < 1.29 is 0 Å². The second-order valence-corrected chi connectivity index (χ2v) is 8.89. The van der Waals surface area contributed by atoms with Crippen LogP contribution in [0, 0.1) is 6.92 Å². The number of nitrogens with zero attached hydrogens (tertiary/aromatic N) is 2. The summed E-state index contributed by atoms with van der Waals surface area (Å²) >= 11 is 3.58. The molecule has 0 atom stereocenters. The molecule has 33 heavy (non-hydrogen) atoms. The van der Waals surface area contributed by atoms with Gasteiger partial charge in [0.1, 0.15) is 0 Å². The molecule has 0 spiro atoms. The topological polar surface area (TPSA) is 17.3 Å². The minimum absolute atomic E-state index is 0.951. The average Bonchev–Trinajstić information content (AvgIpc) is 3.24. The summed E-state index contributed by atoms with van der Waals surface area (Å²) < 4.78 is 3.39. The Morgan fingerprint density at radius 3 is 2.03 bits per heavy atom. The molecule has 0 aliphatic carbocycles. The number of aromatic nitrogens is 1. The Balaban J connectivity index is 1.77. The van der Waals surface area contributed by atoms with E-state index in [9.17, 15) is 0 Å². The smallest absolute Gasteiger partial charge is 0.0632 e. The largest absolute Gasteiger partial charge is 0.309 e. The third kappa shape index (κ3) is 4.59. The third-order valence-electron chi connectivity index (χ3n) is 5.59. The molecule has 4 aromatic carbocycles. The van der Waals surface area contributed by atoms with Crippen molar-refractivity contribution in [2.75, 3.05) is 0 Å². The fourth-order valence-electron chi connectivity index (χ4n) is 4.05. The Labute approximate surface area is 203 Å². The molecule has 1 heterocycles. The summed E-state index contributed by atoms with van der Waals surface area (Å²) in [7, 11) is 0. The number of hydrogen-bond acceptors (Lipinski definition) is 1. The predicted octanol–water partition coefficient (Wildman–Crippen LogP) is 8.63. The molecule has 1 aromatic heterocycles. The Morgan fingerprint density at radius 2 is 1.36 bits per heavy atom. The standard InChI is InChI=1S/C30H23BrN2/c1-22-9-8-14-27(19-22)32-21-25-20-29(23-10-4-2-5-11-23)33(28-17-15-26(31)16-18-28)30(25)24-12-6-3-7-13-24/h2-21H,1H3. The van der Waals surface area contributed by atoms with Gasteiger partial charge in [-0.3, -0.25) is 4.99 Å². The van der Waals surface area contributed by atoms with Crippen LogP contribution < -0.4 is 0 Å². The first-order valence-electron chi connectivity index (χ1n) is 10.9. The molecule has 0 aliphatic rings. The van der Waals surface area contributed by atoms with Crippen molar-refractivity contribution in [2.45, 2.75) is 6.92 Å². The molecule has 0 amide bonds. The maximum Gasteiger partial charge on any atom is 0.0632 e.